The zero-order chi connectivity index (χ0) is 19.3. The van der Waals surface area contributed by atoms with Gasteiger partial charge < -0.3 is 9.15 Å². The molecule has 0 bridgehead atoms. The molecule has 0 atom stereocenters. The highest BCUT2D eigenvalue weighted by atomic mass is 32.2. The standard InChI is InChI=1S/C18H18FN3O4S/c1-2-25-13-7-9-14(10-8-13)27(23,24)20-12-11-17-21-22-18(26-17)15-5-3-4-6-16(15)19/h3-10,20H,2,11-12H2,1H3. The van der Waals surface area contributed by atoms with Crippen molar-refractivity contribution in [3.63, 3.8) is 0 Å². The molecule has 3 aromatic rings. The molecule has 0 saturated heterocycles. The maximum Gasteiger partial charge on any atom is 0.250 e. The Hall–Kier alpha value is -2.78. The summed E-state index contributed by atoms with van der Waals surface area (Å²) in [5.74, 6) is 0.395. The summed E-state index contributed by atoms with van der Waals surface area (Å²) in [4.78, 5) is 0.128. The minimum absolute atomic E-state index is 0.0532. The maximum atomic E-state index is 13.7. The Morgan fingerprint density at radius 1 is 1.11 bits per heavy atom. The average molecular weight is 391 g/mol. The number of nitrogens with one attached hydrogen (secondary N) is 1. The van der Waals surface area contributed by atoms with Gasteiger partial charge in [0.2, 0.25) is 15.9 Å². The van der Waals surface area contributed by atoms with Crippen LogP contribution in [0.1, 0.15) is 12.8 Å². The number of hydrogen-bond donors (Lipinski definition) is 1. The molecule has 0 unspecified atom stereocenters. The highest BCUT2D eigenvalue weighted by Gasteiger charge is 2.16. The van der Waals surface area contributed by atoms with Crippen molar-refractivity contribution >= 4 is 10.0 Å². The van der Waals surface area contributed by atoms with E-state index in [9.17, 15) is 12.8 Å². The van der Waals surface area contributed by atoms with E-state index in [0.717, 1.165) is 0 Å². The van der Waals surface area contributed by atoms with Gasteiger partial charge in [-0.25, -0.2) is 17.5 Å². The van der Waals surface area contributed by atoms with Crippen LogP contribution in [0.25, 0.3) is 11.5 Å². The quantitative estimate of drug-likeness (QED) is 0.635. The van der Waals surface area contributed by atoms with Gasteiger partial charge in [-0.2, -0.15) is 0 Å². The lowest BCUT2D eigenvalue weighted by atomic mass is 10.2. The van der Waals surface area contributed by atoms with Gasteiger partial charge in [-0.1, -0.05) is 12.1 Å². The van der Waals surface area contributed by atoms with Crippen LogP contribution >= 0.6 is 0 Å². The molecule has 2 aromatic carbocycles. The van der Waals surface area contributed by atoms with Crippen LogP contribution in [0.2, 0.25) is 0 Å². The molecule has 1 aromatic heterocycles. The summed E-state index contributed by atoms with van der Waals surface area (Å²) in [6, 6.07) is 12.2. The maximum absolute atomic E-state index is 13.7. The first-order chi connectivity index (χ1) is 13.0. The van der Waals surface area contributed by atoms with E-state index in [2.05, 4.69) is 14.9 Å². The van der Waals surface area contributed by atoms with Crippen molar-refractivity contribution in [1.82, 2.24) is 14.9 Å². The smallest absolute Gasteiger partial charge is 0.250 e. The fourth-order valence-corrected chi connectivity index (χ4v) is 3.39. The highest BCUT2D eigenvalue weighted by molar-refractivity contribution is 7.89. The number of hydrogen-bond acceptors (Lipinski definition) is 6. The number of nitrogens with zero attached hydrogens (tertiary/aromatic N) is 2. The molecule has 0 fully saturated rings. The Balaban J connectivity index is 1.60. The zero-order valence-electron chi connectivity index (χ0n) is 14.6. The van der Waals surface area contributed by atoms with Gasteiger partial charge in [-0.3, -0.25) is 0 Å². The average Bonchev–Trinajstić information content (AvgIpc) is 3.11. The van der Waals surface area contributed by atoms with E-state index < -0.39 is 15.8 Å². The molecule has 1 heterocycles. The van der Waals surface area contributed by atoms with Crippen LogP contribution in [0.4, 0.5) is 4.39 Å². The van der Waals surface area contributed by atoms with Crippen LogP contribution in [-0.4, -0.2) is 31.8 Å². The lowest BCUT2D eigenvalue weighted by molar-refractivity contribution is 0.340. The van der Waals surface area contributed by atoms with Crippen LogP contribution in [0.3, 0.4) is 0 Å². The second-order valence-corrected chi connectivity index (χ2v) is 7.30. The third kappa shape index (κ3) is 4.69. The van der Waals surface area contributed by atoms with Crippen molar-refractivity contribution in [2.75, 3.05) is 13.2 Å². The lowest BCUT2D eigenvalue weighted by Gasteiger charge is -2.07. The number of benzene rings is 2. The molecule has 7 nitrogen and oxygen atoms in total. The summed E-state index contributed by atoms with van der Waals surface area (Å²) >= 11 is 0. The number of ether oxygens (including phenoxy) is 1. The molecule has 9 heteroatoms. The molecule has 142 valence electrons. The predicted molar refractivity (Wildman–Crippen MR) is 96.2 cm³/mol. The normalized spacial score (nSPS) is 11.5. The van der Waals surface area contributed by atoms with Crippen molar-refractivity contribution < 1.29 is 22.0 Å². The molecule has 0 aliphatic carbocycles. The number of halogens is 1. The van der Waals surface area contributed by atoms with E-state index in [0.29, 0.717) is 12.4 Å². The predicted octanol–water partition coefficient (Wildman–Crippen LogP) is 2.80. The van der Waals surface area contributed by atoms with Gasteiger partial charge in [0, 0.05) is 13.0 Å². The molecule has 0 spiro atoms. The highest BCUT2D eigenvalue weighted by Crippen LogP contribution is 2.21. The van der Waals surface area contributed by atoms with Crippen LogP contribution < -0.4 is 9.46 Å². The summed E-state index contributed by atoms with van der Waals surface area (Å²) in [6.45, 7) is 2.42. The molecular formula is C18H18FN3O4S. The molecular weight excluding hydrogens is 373 g/mol. The molecule has 1 N–H and O–H groups in total. The fraction of sp³-hybridized carbons (Fsp3) is 0.222. The number of sulfonamides is 1. The van der Waals surface area contributed by atoms with E-state index in [4.69, 9.17) is 9.15 Å². The van der Waals surface area contributed by atoms with Crippen molar-refractivity contribution in [3.8, 4) is 17.2 Å². The number of rotatable bonds is 8. The van der Waals surface area contributed by atoms with Gasteiger partial charge in [0.05, 0.1) is 17.1 Å². The summed E-state index contributed by atoms with van der Waals surface area (Å²) in [7, 11) is -3.67. The van der Waals surface area contributed by atoms with Crippen molar-refractivity contribution in [3.05, 3.63) is 60.2 Å². The first-order valence-corrected chi connectivity index (χ1v) is 9.77. The van der Waals surface area contributed by atoms with Gasteiger partial charge in [0.1, 0.15) is 11.6 Å². The minimum Gasteiger partial charge on any atom is -0.494 e. The summed E-state index contributed by atoms with van der Waals surface area (Å²) in [5.41, 5.74) is 0.200. The largest absolute Gasteiger partial charge is 0.494 e. The van der Waals surface area contributed by atoms with Crippen LogP contribution in [0.15, 0.2) is 57.8 Å². The number of aromatic nitrogens is 2. The first kappa shape index (κ1) is 19.0. The molecule has 0 aliphatic heterocycles. The van der Waals surface area contributed by atoms with E-state index in [1.807, 2.05) is 6.92 Å². The van der Waals surface area contributed by atoms with E-state index >= 15 is 0 Å². The third-order valence-electron chi connectivity index (χ3n) is 3.65. The van der Waals surface area contributed by atoms with Crippen LogP contribution in [-0.2, 0) is 16.4 Å². The van der Waals surface area contributed by atoms with Crippen molar-refractivity contribution in [2.24, 2.45) is 0 Å². The molecule has 0 aliphatic rings. The minimum atomic E-state index is -3.67. The van der Waals surface area contributed by atoms with E-state index in [1.54, 1.807) is 24.3 Å². The van der Waals surface area contributed by atoms with Gasteiger partial charge in [0.15, 0.2) is 0 Å². The first-order valence-electron chi connectivity index (χ1n) is 8.29. The van der Waals surface area contributed by atoms with Crippen molar-refractivity contribution in [1.29, 1.82) is 0 Å². The third-order valence-corrected chi connectivity index (χ3v) is 5.12. The SMILES string of the molecule is CCOc1ccc(S(=O)(=O)NCCc2nnc(-c3ccccc3F)o2)cc1. The molecule has 0 saturated carbocycles. The molecule has 0 radical (unpaired) electrons. The lowest BCUT2D eigenvalue weighted by Crippen LogP contribution is -2.26. The summed E-state index contributed by atoms with van der Waals surface area (Å²) < 4.78 is 51.5. The molecule has 27 heavy (non-hydrogen) atoms. The van der Waals surface area contributed by atoms with Gasteiger partial charge in [0.25, 0.3) is 5.89 Å². The molecule has 0 amide bonds. The van der Waals surface area contributed by atoms with Gasteiger partial charge in [-0.05, 0) is 43.3 Å². The van der Waals surface area contributed by atoms with E-state index in [-0.39, 0.29) is 35.2 Å². The Morgan fingerprint density at radius 3 is 2.56 bits per heavy atom. The zero-order valence-corrected chi connectivity index (χ0v) is 15.4. The van der Waals surface area contributed by atoms with Gasteiger partial charge >= 0.3 is 0 Å². The second kappa shape index (κ2) is 8.28. The Kier molecular flexibility index (Phi) is 5.82. The van der Waals surface area contributed by atoms with Crippen molar-refractivity contribution in [2.45, 2.75) is 18.2 Å². The fourth-order valence-electron chi connectivity index (χ4n) is 2.36. The Morgan fingerprint density at radius 2 is 1.85 bits per heavy atom. The Labute approximate surface area is 156 Å². The monoisotopic (exact) mass is 391 g/mol. The van der Waals surface area contributed by atoms with Crippen LogP contribution in [0, 0.1) is 5.82 Å². The van der Waals surface area contributed by atoms with Crippen LogP contribution in [0.5, 0.6) is 5.75 Å². The summed E-state index contributed by atoms with van der Waals surface area (Å²) in [6.07, 6.45) is 0.178. The van der Waals surface area contributed by atoms with Gasteiger partial charge in [-0.15, -0.1) is 10.2 Å². The second-order valence-electron chi connectivity index (χ2n) is 5.53. The Bertz CT molecular complexity index is 1000. The van der Waals surface area contributed by atoms with E-state index in [1.165, 1.54) is 24.3 Å². The summed E-state index contributed by atoms with van der Waals surface area (Å²) in [5, 5.41) is 7.62. The topological polar surface area (TPSA) is 94.3 Å². The molecule has 3 rings (SSSR count).